The van der Waals surface area contributed by atoms with E-state index in [0.717, 1.165) is 37.3 Å². The molecule has 1 aromatic carbocycles. The van der Waals surface area contributed by atoms with Crippen molar-refractivity contribution in [1.82, 2.24) is 14.5 Å². The van der Waals surface area contributed by atoms with E-state index < -0.39 is 0 Å². The second-order valence-corrected chi connectivity index (χ2v) is 6.67. The number of imidazole rings is 1. The number of benzene rings is 1. The summed E-state index contributed by atoms with van der Waals surface area (Å²) in [5.41, 5.74) is 2.32. The molecule has 1 amide bonds. The number of piperidine rings is 1. The molecule has 0 radical (unpaired) electrons. The van der Waals surface area contributed by atoms with Crippen molar-refractivity contribution < 1.29 is 4.79 Å². The van der Waals surface area contributed by atoms with Gasteiger partial charge in [0.05, 0.1) is 6.42 Å². The van der Waals surface area contributed by atoms with Crippen LogP contribution in [0.15, 0.2) is 36.7 Å². The minimum absolute atomic E-state index is 0.250. The van der Waals surface area contributed by atoms with Crippen LogP contribution in [0.3, 0.4) is 0 Å². The Labute approximate surface area is 138 Å². The smallest absolute Gasteiger partial charge is 0.226 e. The molecule has 1 aliphatic heterocycles. The van der Waals surface area contributed by atoms with Crippen LogP contribution in [0.25, 0.3) is 0 Å². The van der Waals surface area contributed by atoms with Gasteiger partial charge in [-0.15, -0.1) is 0 Å². The van der Waals surface area contributed by atoms with Crippen LogP contribution in [0.1, 0.15) is 29.8 Å². The lowest BCUT2D eigenvalue weighted by atomic mass is 9.94. The van der Waals surface area contributed by atoms with Gasteiger partial charge in [0.2, 0.25) is 5.91 Å². The highest BCUT2D eigenvalue weighted by Gasteiger charge is 2.24. The van der Waals surface area contributed by atoms with Gasteiger partial charge in [0.15, 0.2) is 0 Å². The van der Waals surface area contributed by atoms with Crippen LogP contribution in [0, 0.1) is 12.8 Å². The molecule has 23 heavy (non-hydrogen) atoms. The Morgan fingerprint density at radius 3 is 3.00 bits per heavy atom. The van der Waals surface area contributed by atoms with Gasteiger partial charge in [-0.05, 0) is 31.2 Å². The molecule has 2 heterocycles. The quantitative estimate of drug-likeness (QED) is 0.871. The highest BCUT2D eigenvalue weighted by atomic mass is 16.2. The summed E-state index contributed by atoms with van der Waals surface area (Å²) in [6, 6.07) is 8.24. The molecule has 4 nitrogen and oxygen atoms in total. The molecular weight excluding hydrogens is 286 g/mol. The van der Waals surface area contributed by atoms with Crippen molar-refractivity contribution in [2.24, 2.45) is 13.0 Å². The van der Waals surface area contributed by atoms with Crippen LogP contribution in [-0.2, 0) is 24.7 Å². The summed E-state index contributed by atoms with van der Waals surface area (Å²) in [4.78, 5) is 19.1. The zero-order valence-electron chi connectivity index (χ0n) is 14.0. The third-order valence-electron chi connectivity index (χ3n) is 4.70. The molecule has 0 saturated carbocycles. The monoisotopic (exact) mass is 311 g/mol. The van der Waals surface area contributed by atoms with Gasteiger partial charge in [0.25, 0.3) is 0 Å². The third-order valence-corrected chi connectivity index (χ3v) is 4.70. The molecule has 1 unspecified atom stereocenters. The van der Waals surface area contributed by atoms with Crippen LogP contribution < -0.4 is 0 Å². The molecule has 1 saturated heterocycles. The largest absolute Gasteiger partial charge is 0.342 e. The summed E-state index contributed by atoms with van der Waals surface area (Å²) in [7, 11) is 2.03. The minimum atomic E-state index is 0.250. The minimum Gasteiger partial charge on any atom is -0.342 e. The van der Waals surface area contributed by atoms with Crippen LogP contribution in [0.2, 0.25) is 0 Å². The first-order valence-electron chi connectivity index (χ1n) is 8.41. The molecule has 1 atom stereocenters. The number of carbonyl (C=O) groups is 1. The Kier molecular flexibility index (Phi) is 4.79. The van der Waals surface area contributed by atoms with E-state index in [0.29, 0.717) is 12.3 Å². The number of nitrogens with zero attached hydrogens (tertiary/aromatic N) is 3. The van der Waals surface area contributed by atoms with E-state index in [1.165, 1.54) is 12.0 Å². The first kappa shape index (κ1) is 15.8. The first-order chi connectivity index (χ1) is 11.1. The number of aryl methyl sites for hydroxylation is 2. The van der Waals surface area contributed by atoms with E-state index in [2.05, 4.69) is 28.6 Å². The topological polar surface area (TPSA) is 38.1 Å². The fourth-order valence-corrected chi connectivity index (χ4v) is 3.42. The second kappa shape index (κ2) is 6.99. The SMILES string of the molecule is Cc1cccc(CC(=O)N2CCCC(Cc3nccn3C)C2)c1. The van der Waals surface area contributed by atoms with E-state index >= 15 is 0 Å². The van der Waals surface area contributed by atoms with Crippen LogP contribution in [-0.4, -0.2) is 33.4 Å². The van der Waals surface area contributed by atoms with E-state index in [-0.39, 0.29) is 5.91 Å². The Morgan fingerprint density at radius 2 is 2.26 bits per heavy atom. The summed E-state index contributed by atoms with van der Waals surface area (Å²) >= 11 is 0. The lowest BCUT2D eigenvalue weighted by Gasteiger charge is -2.33. The number of hydrogen-bond acceptors (Lipinski definition) is 2. The second-order valence-electron chi connectivity index (χ2n) is 6.67. The van der Waals surface area contributed by atoms with Gasteiger partial charge in [0, 0.05) is 39.0 Å². The van der Waals surface area contributed by atoms with E-state index in [9.17, 15) is 4.79 Å². The zero-order valence-corrected chi connectivity index (χ0v) is 14.0. The molecule has 1 aliphatic rings. The van der Waals surface area contributed by atoms with Crippen molar-refractivity contribution in [3.63, 3.8) is 0 Å². The maximum atomic E-state index is 12.6. The summed E-state index contributed by atoms with van der Waals surface area (Å²) in [5, 5.41) is 0. The Hall–Kier alpha value is -2.10. The predicted molar refractivity (Wildman–Crippen MR) is 91.1 cm³/mol. The Bertz CT molecular complexity index is 677. The average Bonchev–Trinajstić information content (AvgIpc) is 2.93. The molecule has 0 N–H and O–H groups in total. The summed E-state index contributed by atoms with van der Waals surface area (Å²) in [6.45, 7) is 3.82. The number of carbonyl (C=O) groups excluding carboxylic acids is 1. The summed E-state index contributed by atoms with van der Waals surface area (Å²) in [5.74, 6) is 1.88. The molecule has 0 aliphatic carbocycles. The van der Waals surface area contributed by atoms with Gasteiger partial charge in [-0.3, -0.25) is 4.79 Å². The highest BCUT2D eigenvalue weighted by Crippen LogP contribution is 2.21. The van der Waals surface area contributed by atoms with Gasteiger partial charge in [-0.25, -0.2) is 4.98 Å². The maximum absolute atomic E-state index is 12.6. The maximum Gasteiger partial charge on any atom is 0.226 e. The lowest BCUT2D eigenvalue weighted by molar-refractivity contribution is -0.132. The van der Waals surface area contributed by atoms with Crippen LogP contribution in [0.4, 0.5) is 0 Å². The molecule has 122 valence electrons. The van der Waals surface area contributed by atoms with Crippen molar-refractivity contribution >= 4 is 5.91 Å². The van der Waals surface area contributed by atoms with Crippen molar-refractivity contribution in [2.75, 3.05) is 13.1 Å². The normalized spacial score (nSPS) is 18.2. The Morgan fingerprint density at radius 1 is 1.39 bits per heavy atom. The molecule has 4 heteroatoms. The average molecular weight is 311 g/mol. The predicted octanol–water partition coefficient (Wildman–Crippen LogP) is 2.75. The van der Waals surface area contributed by atoms with Gasteiger partial charge in [-0.2, -0.15) is 0 Å². The molecule has 1 fully saturated rings. The molecule has 0 spiro atoms. The summed E-state index contributed by atoms with van der Waals surface area (Å²) < 4.78 is 2.08. The number of aromatic nitrogens is 2. The highest BCUT2D eigenvalue weighted by molar-refractivity contribution is 5.78. The number of rotatable bonds is 4. The van der Waals surface area contributed by atoms with Crippen molar-refractivity contribution in [2.45, 2.75) is 32.6 Å². The van der Waals surface area contributed by atoms with Crippen molar-refractivity contribution in [3.8, 4) is 0 Å². The van der Waals surface area contributed by atoms with Gasteiger partial charge >= 0.3 is 0 Å². The van der Waals surface area contributed by atoms with Gasteiger partial charge in [-0.1, -0.05) is 29.8 Å². The van der Waals surface area contributed by atoms with Crippen LogP contribution in [0.5, 0.6) is 0 Å². The standard InChI is InChI=1S/C19H25N3O/c1-15-5-3-6-16(11-15)13-19(23)22-9-4-7-17(14-22)12-18-20-8-10-21(18)2/h3,5-6,8,10-11,17H,4,7,9,12-14H2,1-2H3. The Balaban J connectivity index is 1.59. The summed E-state index contributed by atoms with van der Waals surface area (Å²) in [6.07, 6.45) is 7.57. The molecule has 0 bridgehead atoms. The fraction of sp³-hybridized carbons (Fsp3) is 0.474. The first-order valence-corrected chi connectivity index (χ1v) is 8.41. The van der Waals surface area contributed by atoms with Crippen LogP contribution >= 0.6 is 0 Å². The zero-order chi connectivity index (χ0) is 16.2. The number of hydrogen-bond donors (Lipinski definition) is 0. The van der Waals surface area contributed by atoms with Gasteiger partial charge < -0.3 is 9.47 Å². The third kappa shape index (κ3) is 4.01. The van der Waals surface area contributed by atoms with E-state index in [4.69, 9.17) is 0 Å². The molecule has 2 aromatic rings. The van der Waals surface area contributed by atoms with E-state index in [1.54, 1.807) is 0 Å². The van der Waals surface area contributed by atoms with Crippen molar-refractivity contribution in [1.29, 1.82) is 0 Å². The fourth-order valence-electron chi connectivity index (χ4n) is 3.42. The molecular formula is C19H25N3O. The van der Waals surface area contributed by atoms with Crippen molar-refractivity contribution in [3.05, 3.63) is 53.6 Å². The molecule has 1 aromatic heterocycles. The molecule has 3 rings (SSSR count). The number of likely N-dealkylation sites (tertiary alicyclic amines) is 1. The lowest BCUT2D eigenvalue weighted by Crippen LogP contribution is -2.41. The van der Waals surface area contributed by atoms with E-state index in [1.807, 2.05) is 36.5 Å². The van der Waals surface area contributed by atoms with Gasteiger partial charge in [0.1, 0.15) is 5.82 Å². The number of amides is 1.